The molecular weight excluding hydrogens is 449 g/mol. The molecule has 1 aromatic rings. The minimum atomic E-state index is -0.759. The van der Waals surface area contributed by atoms with Crippen molar-refractivity contribution in [3.05, 3.63) is 69.0 Å². The molecule has 0 radical (unpaired) electrons. The van der Waals surface area contributed by atoms with Gasteiger partial charge in [0.05, 0.1) is 11.1 Å². The Bertz CT molecular complexity index is 1150. The van der Waals surface area contributed by atoms with Crippen molar-refractivity contribution < 1.29 is 9.18 Å². The summed E-state index contributed by atoms with van der Waals surface area (Å²) in [5, 5.41) is 9.16. The summed E-state index contributed by atoms with van der Waals surface area (Å²) >= 11 is 1.51. The summed E-state index contributed by atoms with van der Waals surface area (Å²) in [5.74, 6) is 0.600. The fourth-order valence-electron chi connectivity index (χ4n) is 5.11. The summed E-state index contributed by atoms with van der Waals surface area (Å²) in [5.41, 5.74) is 3.32. The number of hydrogen-bond acceptors (Lipinski definition) is 6. The van der Waals surface area contributed by atoms with Crippen molar-refractivity contribution in [1.29, 1.82) is 0 Å². The Labute approximate surface area is 204 Å². The van der Waals surface area contributed by atoms with E-state index in [4.69, 9.17) is 0 Å². The second kappa shape index (κ2) is 8.82. The molecule has 34 heavy (non-hydrogen) atoms. The number of thiophene rings is 1. The number of nitrogens with one attached hydrogen (secondary N) is 3. The van der Waals surface area contributed by atoms with Gasteiger partial charge in [0.15, 0.2) is 0 Å². The van der Waals surface area contributed by atoms with Crippen molar-refractivity contribution in [3.63, 3.8) is 0 Å². The Morgan fingerprint density at radius 3 is 2.76 bits per heavy atom. The fraction of sp³-hybridized carbons (Fsp3) is 0.462. The summed E-state index contributed by atoms with van der Waals surface area (Å²) in [7, 11) is 2.17. The van der Waals surface area contributed by atoms with Gasteiger partial charge in [-0.25, -0.2) is 9.38 Å². The molecule has 4 heterocycles. The zero-order valence-corrected chi connectivity index (χ0v) is 20.8. The first-order valence-corrected chi connectivity index (χ1v) is 12.8. The maximum Gasteiger partial charge on any atom is 0.253 e. The van der Waals surface area contributed by atoms with E-state index in [0.29, 0.717) is 23.1 Å². The van der Waals surface area contributed by atoms with Gasteiger partial charge in [0.1, 0.15) is 11.9 Å². The van der Waals surface area contributed by atoms with Crippen LogP contribution in [-0.4, -0.2) is 36.9 Å². The van der Waals surface area contributed by atoms with Crippen LogP contribution in [0.3, 0.4) is 0 Å². The average molecular weight is 482 g/mol. The summed E-state index contributed by atoms with van der Waals surface area (Å²) < 4.78 is 14.8. The van der Waals surface area contributed by atoms with Crippen LogP contribution in [0.15, 0.2) is 53.1 Å². The fourth-order valence-corrected chi connectivity index (χ4v) is 6.66. The molecule has 4 aliphatic rings. The molecule has 6 nitrogen and oxygen atoms in total. The van der Waals surface area contributed by atoms with Crippen LogP contribution in [0.1, 0.15) is 64.3 Å². The van der Waals surface area contributed by atoms with E-state index in [2.05, 4.69) is 58.5 Å². The lowest BCUT2D eigenvalue weighted by molar-refractivity contribution is 0.0952. The van der Waals surface area contributed by atoms with E-state index in [1.165, 1.54) is 23.1 Å². The van der Waals surface area contributed by atoms with Crippen molar-refractivity contribution in [2.24, 2.45) is 10.9 Å². The number of piperidine rings is 1. The number of rotatable bonds is 5. The van der Waals surface area contributed by atoms with Gasteiger partial charge in [0.2, 0.25) is 5.96 Å². The van der Waals surface area contributed by atoms with Crippen molar-refractivity contribution in [3.8, 4) is 0 Å². The lowest BCUT2D eigenvalue weighted by Crippen LogP contribution is -2.36. The Morgan fingerprint density at radius 1 is 1.35 bits per heavy atom. The van der Waals surface area contributed by atoms with E-state index in [0.717, 1.165) is 54.1 Å². The number of fused-ring (bicyclic) bond motifs is 2. The predicted octanol–water partition coefficient (Wildman–Crippen LogP) is 4.55. The highest BCUT2D eigenvalue weighted by molar-refractivity contribution is 7.13. The first-order chi connectivity index (χ1) is 16.3. The highest BCUT2D eigenvalue weighted by atomic mass is 32.1. The number of hydrogen-bond donors (Lipinski definition) is 3. The van der Waals surface area contributed by atoms with Crippen LogP contribution >= 0.6 is 11.3 Å². The third kappa shape index (κ3) is 4.14. The van der Waals surface area contributed by atoms with Gasteiger partial charge in [0, 0.05) is 21.7 Å². The zero-order chi connectivity index (χ0) is 24.0. The molecule has 1 aliphatic carbocycles. The second-order valence-corrected chi connectivity index (χ2v) is 10.8. The van der Waals surface area contributed by atoms with Crippen LogP contribution in [0.4, 0.5) is 4.39 Å². The molecule has 1 atom stereocenters. The third-order valence-electron chi connectivity index (χ3n) is 7.34. The van der Waals surface area contributed by atoms with E-state index < -0.39 is 6.04 Å². The summed E-state index contributed by atoms with van der Waals surface area (Å²) in [4.78, 5) is 21.3. The SMILES string of the molecule is C=C(/C=C\C(=C/C)C1CCN(C)CC1)NC1=NC(c2sc3c(c2C)C(=O)NC32CC2)C(F)=CN1. The molecule has 1 aromatic heterocycles. The van der Waals surface area contributed by atoms with Gasteiger partial charge < -0.3 is 20.9 Å². The molecule has 5 rings (SSSR count). The van der Waals surface area contributed by atoms with Crippen molar-refractivity contribution in [2.75, 3.05) is 20.1 Å². The number of guanidine groups is 1. The van der Waals surface area contributed by atoms with Crippen molar-refractivity contribution in [1.82, 2.24) is 20.9 Å². The molecule has 0 bridgehead atoms. The number of carbonyl (C=O) groups is 1. The van der Waals surface area contributed by atoms with E-state index in [-0.39, 0.29) is 17.3 Å². The molecular formula is C26H32FN5OS. The predicted molar refractivity (Wildman–Crippen MR) is 135 cm³/mol. The maximum atomic E-state index is 14.8. The van der Waals surface area contributed by atoms with E-state index in [1.807, 2.05) is 13.0 Å². The van der Waals surface area contributed by atoms with Crippen LogP contribution in [-0.2, 0) is 5.54 Å². The van der Waals surface area contributed by atoms with Gasteiger partial charge in [-0.05, 0) is 82.8 Å². The molecule has 1 saturated carbocycles. The largest absolute Gasteiger partial charge is 0.342 e. The molecule has 3 N–H and O–H groups in total. The smallest absolute Gasteiger partial charge is 0.253 e. The molecule has 2 fully saturated rings. The zero-order valence-electron chi connectivity index (χ0n) is 20.0. The monoisotopic (exact) mass is 481 g/mol. The van der Waals surface area contributed by atoms with Gasteiger partial charge in [-0.2, -0.15) is 0 Å². The second-order valence-electron chi connectivity index (χ2n) is 9.74. The minimum absolute atomic E-state index is 0.0453. The molecule has 3 aliphatic heterocycles. The lowest BCUT2D eigenvalue weighted by atomic mass is 9.89. The van der Waals surface area contributed by atoms with E-state index in [1.54, 1.807) is 0 Å². The average Bonchev–Trinajstić information content (AvgIpc) is 3.42. The summed E-state index contributed by atoms with van der Waals surface area (Å²) in [6.45, 7) is 10.3. The van der Waals surface area contributed by atoms with Crippen LogP contribution < -0.4 is 16.0 Å². The minimum Gasteiger partial charge on any atom is -0.342 e. The number of aliphatic imine (C=N–C) groups is 1. The van der Waals surface area contributed by atoms with Crippen LogP contribution in [0.2, 0.25) is 0 Å². The molecule has 180 valence electrons. The van der Waals surface area contributed by atoms with E-state index >= 15 is 0 Å². The van der Waals surface area contributed by atoms with Gasteiger partial charge >= 0.3 is 0 Å². The number of halogens is 1. The quantitative estimate of drug-likeness (QED) is 0.540. The number of amides is 1. The first kappa shape index (κ1) is 23.1. The molecule has 1 spiro atoms. The van der Waals surface area contributed by atoms with Crippen LogP contribution in [0, 0.1) is 12.8 Å². The maximum absolute atomic E-state index is 14.8. The van der Waals surface area contributed by atoms with Crippen molar-refractivity contribution in [2.45, 2.75) is 51.1 Å². The molecule has 8 heteroatoms. The Morgan fingerprint density at radius 2 is 2.09 bits per heavy atom. The van der Waals surface area contributed by atoms with E-state index in [9.17, 15) is 9.18 Å². The molecule has 1 amide bonds. The first-order valence-electron chi connectivity index (χ1n) is 12.0. The number of allylic oxidation sites excluding steroid dienone is 4. The Kier molecular flexibility index (Phi) is 5.98. The van der Waals surface area contributed by atoms with Crippen molar-refractivity contribution >= 4 is 23.2 Å². The highest BCUT2D eigenvalue weighted by Gasteiger charge is 2.54. The summed E-state index contributed by atoms with van der Waals surface area (Å²) in [6, 6.07) is -0.759. The van der Waals surface area contributed by atoms with Crippen LogP contribution in [0.5, 0.6) is 0 Å². The molecule has 1 unspecified atom stereocenters. The third-order valence-corrected chi connectivity index (χ3v) is 8.89. The molecule has 1 saturated heterocycles. The summed E-state index contributed by atoms with van der Waals surface area (Å²) in [6.07, 6.45) is 11.8. The normalized spacial score (nSPS) is 24.5. The Hall–Kier alpha value is -2.71. The van der Waals surface area contributed by atoms with Gasteiger partial charge in [0.25, 0.3) is 5.91 Å². The number of carbonyl (C=O) groups excluding carboxylic acids is 1. The van der Waals surface area contributed by atoms with Crippen LogP contribution in [0.25, 0.3) is 0 Å². The standard InChI is InChI=1S/C26H32FN5OS/c1-5-17(18-8-12-32(4)13-9-18)7-6-15(2)29-25-28-14-19(27)21(30-25)22-16(3)20-23(34-22)26(10-11-26)31-24(20)33/h5-7,14,18,21H,2,8-13H2,1,3-4H3,(H,31,33)(H2,28,29,30)/b7-6-,17-5+. The van der Waals surface area contributed by atoms with Gasteiger partial charge in [-0.1, -0.05) is 18.7 Å². The number of nitrogens with zero attached hydrogens (tertiary/aromatic N) is 2. The number of likely N-dealkylation sites (tertiary alicyclic amines) is 1. The highest BCUT2D eigenvalue weighted by Crippen LogP contribution is 2.55. The molecule has 0 aromatic carbocycles. The van der Waals surface area contributed by atoms with Gasteiger partial charge in [-0.15, -0.1) is 11.3 Å². The lowest BCUT2D eigenvalue weighted by Gasteiger charge is -2.29. The van der Waals surface area contributed by atoms with Gasteiger partial charge in [-0.3, -0.25) is 4.79 Å². The Balaban J connectivity index is 1.29. The topological polar surface area (TPSA) is 68.8 Å².